The van der Waals surface area contributed by atoms with Gasteiger partial charge in [0.2, 0.25) is 10.0 Å². The van der Waals surface area contributed by atoms with Crippen molar-refractivity contribution in [1.82, 2.24) is 14.1 Å². The quantitative estimate of drug-likeness (QED) is 0.749. The number of hydrogen-bond acceptors (Lipinski definition) is 3. The number of sulfonamides is 1. The van der Waals surface area contributed by atoms with Crippen LogP contribution in [0.1, 0.15) is 17.0 Å². The molecular weight excluding hydrogens is 334 g/mol. The second-order valence-electron chi connectivity index (χ2n) is 5.34. The van der Waals surface area contributed by atoms with Gasteiger partial charge in [-0.05, 0) is 32.0 Å². The largest absolute Gasteiger partial charge is 0.265 e. The maximum absolute atomic E-state index is 12.7. The van der Waals surface area contributed by atoms with Gasteiger partial charge in [-0.25, -0.2) is 8.42 Å². The van der Waals surface area contributed by atoms with Gasteiger partial charge in [0.1, 0.15) is 0 Å². The summed E-state index contributed by atoms with van der Waals surface area (Å²) >= 11 is 5.90. The van der Waals surface area contributed by atoms with E-state index in [0.29, 0.717) is 11.6 Å². The van der Waals surface area contributed by atoms with Crippen molar-refractivity contribution in [1.29, 1.82) is 0 Å². The van der Waals surface area contributed by atoms with Gasteiger partial charge in [-0.1, -0.05) is 23.7 Å². The van der Waals surface area contributed by atoms with E-state index in [0.717, 1.165) is 17.0 Å². The molecule has 1 aromatic carbocycles. The van der Waals surface area contributed by atoms with Crippen molar-refractivity contribution in [2.45, 2.75) is 31.8 Å². The lowest BCUT2D eigenvalue weighted by Crippen LogP contribution is -2.27. The normalized spacial score (nSPS) is 11.9. The van der Waals surface area contributed by atoms with Crippen LogP contribution in [0.2, 0.25) is 5.02 Å². The van der Waals surface area contributed by atoms with Gasteiger partial charge in [0.15, 0.2) is 0 Å². The summed E-state index contributed by atoms with van der Waals surface area (Å²) in [6, 6.07) is 6.27. The average molecular weight is 354 g/mol. The molecule has 0 aliphatic carbocycles. The van der Waals surface area contributed by atoms with Crippen LogP contribution in [0, 0.1) is 13.8 Å². The summed E-state index contributed by atoms with van der Waals surface area (Å²) in [5, 5.41) is 4.82. The van der Waals surface area contributed by atoms with E-state index in [1.807, 2.05) is 18.5 Å². The number of aryl methyl sites for hydroxylation is 1. The van der Waals surface area contributed by atoms with Gasteiger partial charge in [0.25, 0.3) is 0 Å². The van der Waals surface area contributed by atoms with Crippen molar-refractivity contribution < 1.29 is 8.42 Å². The Bertz CT molecular complexity index is 828. The van der Waals surface area contributed by atoms with Crippen LogP contribution in [0.3, 0.4) is 0 Å². The predicted octanol–water partition coefficient (Wildman–Crippen LogP) is 3.16. The predicted molar refractivity (Wildman–Crippen MR) is 92.0 cm³/mol. The fourth-order valence-electron chi connectivity index (χ4n) is 2.38. The SMILES string of the molecule is C=CCn1nc(C)c(CN(C)S(=O)(=O)c2cccc(Cl)c2)c1C. The van der Waals surface area contributed by atoms with Gasteiger partial charge in [0.05, 0.1) is 17.1 Å². The first-order valence-corrected chi connectivity index (χ1v) is 8.95. The Hall–Kier alpha value is -1.63. The molecule has 0 aliphatic rings. The molecule has 7 heteroatoms. The summed E-state index contributed by atoms with van der Waals surface area (Å²) in [7, 11) is -2.05. The summed E-state index contributed by atoms with van der Waals surface area (Å²) in [6.45, 7) is 8.36. The van der Waals surface area contributed by atoms with Crippen LogP contribution in [-0.4, -0.2) is 29.6 Å². The molecule has 0 amide bonds. The zero-order valence-corrected chi connectivity index (χ0v) is 15.0. The molecule has 0 spiro atoms. The Kier molecular flexibility index (Phi) is 5.29. The van der Waals surface area contributed by atoms with Crippen LogP contribution >= 0.6 is 11.6 Å². The Labute approximate surface area is 142 Å². The summed E-state index contributed by atoms with van der Waals surface area (Å²) in [6.07, 6.45) is 1.76. The number of benzene rings is 1. The molecule has 0 fully saturated rings. The van der Waals surface area contributed by atoms with Gasteiger partial charge in [-0.2, -0.15) is 9.40 Å². The van der Waals surface area contributed by atoms with E-state index in [4.69, 9.17) is 11.6 Å². The lowest BCUT2D eigenvalue weighted by Gasteiger charge is -2.17. The molecule has 2 rings (SSSR count). The molecule has 1 aromatic heterocycles. The summed E-state index contributed by atoms with van der Waals surface area (Å²) in [5.41, 5.74) is 2.66. The molecule has 0 bridgehead atoms. The fourth-order valence-corrected chi connectivity index (χ4v) is 3.82. The van der Waals surface area contributed by atoms with Crippen LogP contribution in [-0.2, 0) is 23.1 Å². The number of aromatic nitrogens is 2. The molecule has 124 valence electrons. The third-order valence-electron chi connectivity index (χ3n) is 3.72. The molecule has 2 aromatic rings. The highest BCUT2D eigenvalue weighted by Crippen LogP contribution is 2.22. The Morgan fingerprint density at radius 2 is 2.09 bits per heavy atom. The fraction of sp³-hybridized carbons (Fsp3) is 0.312. The van der Waals surface area contributed by atoms with Crippen molar-refractivity contribution in [3.05, 3.63) is 58.9 Å². The zero-order valence-electron chi connectivity index (χ0n) is 13.5. The zero-order chi connectivity index (χ0) is 17.2. The lowest BCUT2D eigenvalue weighted by atomic mass is 10.2. The monoisotopic (exact) mass is 353 g/mol. The van der Waals surface area contributed by atoms with Crippen molar-refractivity contribution in [3.63, 3.8) is 0 Å². The van der Waals surface area contributed by atoms with E-state index in [-0.39, 0.29) is 11.4 Å². The molecule has 0 aliphatic heterocycles. The minimum atomic E-state index is -3.60. The second-order valence-corrected chi connectivity index (χ2v) is 7.82. The van der Waals surface area contributed by atoms with Crippen LogP contribution in [0.15, 0.2) is 41.8 Å². The van der Waals surface area contributed by atoms with E-state index in [1.165, 1.54) is 10.4 Å². The number of rotatable bonds is 6. The minimum absolute atomic E-state index is 0.182. The first kappa shape index (κ1) is 17.7. The Morgan fingerprint density at radius 3 is 2.70 bits per heavy atom. The number of allylic oxidation sites excluding steroid dienone is 1. The second kappa shape index (κ2) is 6.86. The number of nitrogens with zero attached hydrogens (tertiary/aromatic N) is 3. The molecule has 0 saturated carbocycles. The molecule has 0 N–H and O–H groups in total. The lowest BCUT2D eigenvalue weighted by molar-refractivity contribution is 0.465. The van der Waals surface area contributed by atoms with E-state index < -0.39 is 10.0 Å². The van der Waals surface area contributed by atoms with Crippen molar-refractivity contribution in [3.8, 4) is 0 Å². The van der Waals surface area contributed by atoms with Gasteiger partial charge in [-0.3, -0.25) is 4.68 Å². The number of hydrogen-bond donors (Lipinski definition) is 0. The molecule has 0 unspecified atom stereocenters. The number of halogens is 1. The van der Waals surface area contributed by atoms with E-state index >= 15 is 0 Å². The topological polar surface area (TPSA) is 55.2 Å². The van der Waals surface area contributed by atoms with Gasteiger partial charge < -0.3 is 0 Å². The highest BCUT2D eigenvalue weighted by molar-refractivity contribution is 7.89. The minimum Gasteiger partial charge on any atom is -0.265 e. The smallest absolute Gasteiger partial charge is 0.243 e. The van der Waals surface area contributed by atoms with Crippen molar-refractivity contribution in [2.24, 2.45) is 0 Å². The van der Waals surface area contributed by atoms with Gasteiger partial charge in [0, 0.05) is 29.9 Å². The standard InChI is InChI=1S/C16H20ClN3O2S/c1-5-9-20-13(3)16(12(2)18-20)11-19(4)23(21,22)15-8-6-7-14(17)10-15/h5-8,10H,1,9,11H2,2-4H3. The highest BCUT2D eigenvalue weighted by atomic mass is 35.5. The average Bonchev–Trinajstić information content (AvgIpc) is 2.75. The van der Waals surface area contributed by atoms with E-state index in [2.05, 4.69) is 11.7 Å². The molecule has 1 heterocycles. The Balaban J connectivity index is 2.32. The first-order chi connectivity index (χ1) is 10.8. The Morgan fingerprint density at radius 1 is 1.39 bits per heavy atom. The van der Waals surface area contributed by atoms with Crippen molar-refractivity contribution in [2.75, 3.05) is 7.05 Å². The third kappa shape index (κ3) is 3.65. The maximum Gasteiger partial charge on any atom is 0.243 e. The summed E-state index contributed by atoms with van der Waals surface area (Å²) in [5.74, 6) is 0. The first-order valence-electron chi connectivity index (χ1n) is 7.13. The third-order valence-corrected chi connectivity index (χ3v) is 5.75. The van der Waals surface area contributed by atoms with Crippen LogP contribution in [0.25, 0.3) is 0 Å². The molecule has 23 heavy (non-hydrogen) atoms. The molecule has 0 radical (unpaired) electrons. The summed E-state index contributed by atoms with van der Waals surface area (Å²) in [4.78, 5) is 0.182. The highest BCUT2D eigenvalue weighted by Gasteiger charge is 2.23. The van der Waals surface area contributed by atoms with Gasteiger partial charge >= 0.3 is 0 Å². The van der Waals surface area contributed by atoms with Crippen LogP contribution < -0.4 is 0 Å². The maximum atomic E-state index is 12.7. The molecule has 0 saturated heterocycles. The van der Waals surface area contributed by atoms with E-state index in [1.54, 1.807) is 31.3 Å². The van der Waals surface area contributed by atoms with Crippen molar-refractivity contribution >= 4 is 21.6 Å². The summed E-state index contributed by atoms with van der Waals surface area (Å²) < 4.78 is 28.5. The molecule has 0 atom stereocenters. The molecular formula is C16H20ClN3O2S. The van der Waals surface area contributed by atoms with Gasteiger partial charge in [-0.15, -0.1) is 6.58 Å². The van der Waals surface area contributed by atoms with E-state index in [9.17, 15) is 8.42 Å². The molecule has 5 nitrogen and oxygen atoms in total. The van der Waals surface area contributed by atoms with Crippen LogP contribution in [0.5, 0.6) is 0 Å². The van der Waals surface area contributed by atoms with Crippen LogP contribution in [0.4, 0.5) is 0 Å².